The van der Waals surface area contributed by atoms with Gasteiger partial charge in [0.05, 0.1) is 31.0 Å². The number of pyridine rings is 1. The third-order valence-electron chi connectivity index (χ3n) is 5.90. The van der Waals surface area contributed by atoms with Gasteiger partial charge in [0.1, 0.15) is 17.3 Å². The highest BCUT2D eigenvalue weighted by molar-refractivity contribution is 6.30. The van der Waals surface area contributed by atoms with Gasteiger partial charge in [0.25, 0.3) is 0 Å². The molecule has 2 N–H and O–H groups in total. The summed E-state index contributed by atoms with van der Waals surface area (Å²) in [4.78, 5) is 6.90. The largest absolute Gasteiger partial charge is 0.460 e. The van der Waals surface area contributed by atoms with Crippen LogP contribution in [0.5, 0.6) is 0 Å². The molecule has 0 amide bonds. The number of nitrogens with one attached hydrogen (secondary N) is 2. The van der Waals surface area contributed by atoms with Crippen LogP contribution in [0.3, 0.4) is 0 Å². The fourth-order valence-corrected chi connectivity index (χ4v) is 4.21. The van der Waals surface area contributed by atoms with Crippen molar-refractivity contribution in [2.75, 3.05) is 44.7 Å². The minimum absolute atomic E-state index is 0.359. The van der Waals surface area contributed by atoms with Gasteiger partial charge in [-0.25, -0.2) is 4.39 Å². The molecule has 8 heteroatoms. The van der Waals surface area contributed by atoms with Crippen LogP contribution in [0, 0.1) is 5.82 Å². The SMILES string of the molecule is Fc1cc(Cl)ccc1Nc1ccnc2cc(-c3ccc(CNCCN4CCOCC4)o3)ccc12. The molecule has 0 spiro atoms. The van der Waals surface area contributed by atoms with Crippen LogP contribution in [0.4, 0.5) is 15.8 Å². The first kappa shape index (κ1) is 22.8. The maximum Gasteiger partial charge on any atom is 0.148 e. The molecule has 2 aromatic heterocycles. The lowest BCUT2D eigenvalue weighted by molar-refractivity contribution is 0.0383. The highest BCUT2D eigenvalue weighted by atomic mass is 35.5. The van der Waals surface area contributed by atoms with Crippen molar-refractivity contribution in [2.24, 2.45) is 0 Å². The molecule has 0 bridgehead atoms. The summed E-state index contributed by atoms with van der Waals surface area (Å²) >= 11 is 5.86. The molecule has 0 aliphatic carbocycles. The fraction of sp³-hybridized carbons (Fsp3) is 0.269. The summed E-state index contributed by atoms with van der Waals surface area (Å²) in [5, 5.41) is 7.83. The number of halogens is 2. The third-order valence-corrected chi connectivity index (χ3v) is 6.13. The maximum absolute atomic E-state index is 14.2. The molecule has 5 rings (SSSR count). The summed E-state index contributed by atoms with van der Waals surface area (Å²) < 4.78 is 25.7. The van der Waals surface area contributed by atoms with E-state index in [-0.39, 0.29) is 0 Å². The van der Waals surface area contributed by atoms with Gasteiger partial charge in [0.2, 0.25) is 0 Å². The summed E-state index contributed by atoms with van der Waals surface area (Å²) in [7, 11) is 0. The normalized spacial score (nSPS) is 14.5. The van der Waals surface area contributed by atoms with Crippen molar-refractivity contribution in [3.63, 3.8) is 0 Å². The third kappa shape index (κ3) is 5.39. The van der Waals surface area contributed by atoms with E-state index >= 15 is 0 Å². The number of morpholine rings is 1. The first-order valence-electron chi connectivity index (χ1n) is 11.4. The monoisotopic (exact) mass is 480 g/mol. The zero-order valence-electron chi connectivity index (χ0n) is 18.7. The highest BCUT2D eigenvalue weighted by Gasteiger charge is 2.11. The first-order valence-corrected chi connectivity index (χ1v) is 11.7. The summed E-state index contributed by atoms with van der Waals surface area (Å²) in [5.41, 5.74) is 2.85. The van der Waals surface area contributed by atoms with Crippen LogP contribution in [0.1, 0.15) is 5.76 Å². The van der Waals surface area contributed by atoms with Crippen LogP contribution in [-0.4, -0.2) is 49.3 Å². The van der Waals surface area contributed by atoms with Crippen LogP contribution in [0.15, 0.2) is 65.2 Å². The number of ether oxygens (including phenoxy) is 1. The lowest BCUT2D eigenvalue weighted by atomic mass is 10.1. The van der Waals surface area contributed by atoms with Gasteiger partial charge in [0.15, 0.2) is 0 Å². The van der Waals surface area contributed by atoms with Gasteiger partial charge in [-0.2, -0.15) is 0 Å². The molecule has 2 aromatic carbocycles. The van der Waals surface area contributed by atoms with Crippen molar-refractivity contribution >= 4 is 33.9 Å². The van der Waals surface area contributed by atoms with E-state index in [1.54, 1.807) is 18.3 Å². The van der Waals surface area contributed by atoms with Crippen LogP contribution in [-0.2, 0) is 11.3 Å². The van der Waals surface area contributed by atoms with E-state index in [4.69, 9.17) is 20.8 Å². The van der Waals surface area contributed by atoms with Gasteiger partial charge in [-0.15, -0.1) is 0 Å². The number of hydrogen-bond donors (Lipinski definition) is 2. The number of furan rings is 1. The summed E-state index contributed by atoms with van der Waals surface area (Å²) in [6.45, 7) is 6.21. The second-order valence-corrected chi connectivity index (χ2v) is 8.67. The molecule has 1 fully saturated rings. The zero-order valence-corrected chi connectivity index (χ0v) is 19.4. The Bertz CT molecular complexity index is 1270. The molecule has 3 heterocycles. The molecule has 1 saturated heterocycles. The maximum atomic E-state index is 14.2. The van der Waals surface area contributed by atoms with Gasteiger partial charge >= 0.3 is 0 Å². The number of hydrogen-bond acceptors (Lipinski definition) is 6. The van der Waals surface area contributed by atoms with E-state index in [1.165, 1.54) is 6.07 Å². The van der Waals surface area contributed by atoms with Crippen LogP contribution >= 0.6 is 11.6 Å². The smallest absolute Gasteiger partial charge is 0.148 e. The molecule has 0 saturated carbocycles. The molecule has 6 nitrogen and oxygen atoms in total. The lowest BCUT2D eigenvalue weighted by Gasteiger charge is -2.26. The minimum atomic E-state index is -0.407. The molecule has 0 atom stereocenters. The average molecular weight is 481 g/mol. The molecule has 34 heavy (non-hydrogen) atoms. The molecular formula is C26H26ClFN4O2. The van der Waals surface area contributed by atoms with E-state index in [0.717, 1.165) is 73.1 Å². The van der Waals surface area contributed by atoms with Gasteiger partial charge in [-0.05, 0) is 48.5 Å². The lowest BCUT2D eigenvalue weighted by Crippen LogP contribution is -2.40. The highest BCUT2D eigenvalue weighted by Crippen LogP contribution is 2.31. The van der Waals surface area contributed by atoms with Crippen molar-refractivity contribution in [1.29, 1.82) is 0 Å². The van der Waals surface area contributed by atoms with Crippen molar-refractivity contribution in [3.8, 4) is 11.3 Å². The van der Waals surface area contributed by atoms with E-state index in [9.17, 15) is 4.39 Å². The number of nitrogens with zero attached hydrogens (tertiary/aromatic N) is 2. The number of rotatable bonds is 8. The molecule has 176 valence electrons. The van der Waals surface area contributed by atoms with E-state index in [1.807, 2.05) is 36.4 Å². The Morgan fingerprint density at radius 2 is 1.88 bits per heavy atom. The fourth-order valence-electron chi connectivity index (χ4n) is 4.05. The topological polar surface area (TPSA) is 62.6 Å². The van der Waals surface area contributed by atoms with Crippen LogP contribution in [0.2, 0.25) is 5.02 Å². The van der Waals surface area contributed by atoms with E-state index in [0.29, 0.717) is 17.3 Å². The van der Waals surface area contributed by atoms with Crippen LogP contribution in [0.25, 0.3) is 22.2 Å². The molecule has 0 unspecified atom stereocenters. The van der Waals surface area contributed by atoms with Gasteiger partial charge in [-0.3, -0.25) is 9.88 Å². The standard InChI is InChI=1S/C26H26ClFN4O2/c27-19-2-5-24(22(28)16-19)31-23-7-8-30-25-15-18(1-4-21(23)25)26-6-3-20(34-26)17-29-9-10-32-11-13-33-14-12-32/h1-8,15-16,29H,9-14,17H2,(H,30,31). The molecule has 0 radical (unpaired) electrons. The number of anilines is 2. The van der Waals surface area contributed by atoms with Crippen molar-refractivity contribution in [2.45, 2.75) is 6.54 Å². The predicted octanol–water partition coefficient (Wildman–Crippen LogP) is 5.45. The van der Waals surface area contributed by atoms with Gasteiger partial charge in [0, 0.05) is 54.0 Å². The van der Waals surface area contributed by atoms with E-state index < -0.39 is 5.82 Å². The Morgan fingerprint density at radius 3 is 2.74 bits per heavy atom. The van der Waals surface area contributed by atoms with Crippen molar-refractivity contribution < 1.29 is 13.5 Å². The number of aromatic nitrogens is 1. The van der Waals surface area contributed by atoms with Gasteiger partial charge in [-0.1, -0.05) is 17.7 Å². The van der Waals surface area contributed by atoms with Gasteiger partial charge < -0.3 is 19.8 Å². The first-order chi connectivity index (χ1) is 16.7. The van der Waals surface area contributed by atoms with Crippen LogP contribution < -0.4 is 10.6 Å². The zero-order chi connectivity index (χ0) is 23.3. The van der Waals surface area contributed by atoms with E-state index in [2.05, 4.69) is 20.5 Å². The molecule has 1 aliphatic heterocycles. The molecule has 4 aromatic rings. The average Bonchev–Trinajstić information content (AvgIpc) is 3.33. The van der Waals surface area contributed by atoms with Crippen molar-refractivity contribution in [3.05, 3.63) is 77.4 Å². The second-order valence-electron chi connectivity index (χ2n) is 8.24. The Balaban J connectivity index is 1.25. The Labute approximate surface area is 202 Å². The number of benzene rings is 2. The summed E-state index contributed by atoms with van der Waals surface area (Å²) in [6.07, 6.45) is 1.70. The molecule has 1 aliphatic rings. The Kier molecular flexibility index (Phi) is 7.06. The number of fused-ring (bicyclic) bond motifs is 1. The minimum Gasteiger partial charge on any atom is -0.460 e. The summed E-state index contributed by atoms with van der Waals surface area (Å²) in [5.74, 6) is 1.27. The molecular weight excluding hydrogens is 455 g/mol. The van der Waals surface area contributed by atoms with Crippen molar-refractivity contribution in [1.82, 2.24) is 15.2 Å². The second kappa shape index (κ2) is 10.5. The Morgan fingerprint density at radius 1 is 1.00 bits per heavy atom. The summed E-state index contributed by atoms with van der Waals surface area (Å²) in [6, 6.07) is 16.3. The predicted molar refractivity (Wildman–Crippen MR) is 133 cm³/mol. The Hall–Kier alpha value is -2.97. The quantitative estimate of drug-likeness (QED) is 0.327.